The standard InChI is InChI=1S/C26H25ClN4O2/c1-30(2)16-24-28-29-25(18-33-17-19-9-5-3-6-10-19)31(24)23-14-13-21(27)15-22(23)26(32)20-11-7-4-8-12-20/h3-15H,16-18H2,1-2H3. The van der Waals surface area contributed by atoms with Crippen LogP contribution >= 0.6 is 11.6 Å². The summed E-state index contributed by atoms with van der Waals surface area (Å²) in [6.07, 6.45) is 0. The summed E-state index contributed by atoms with van der Waals surface area (Å²) in [4.78, 5) is 15.4. The molecule has 0 atom stereocenters. The number of rotatable bonds is 9. The maximum atomic E-state index is 13.4. The molecule has 33 heavy (non-hydrogen) atoms. The van der Waals surface area contributed by atoms with Gasteiger partial charge in [-0.05, 0) is 37.9 Å². The summed E-state index contributed by atoms with van der Waals surface area (Å²) in [6, 6.07) is 24.4. The van der Waals surface area contributed by atoms with Gasteiger partial charge in [0.05, 0.1) is 18.8 Å². The highest BCUT2D eigenvalue weighted by Crippen LogP contribution is 2.25. The van der Waals surface area contributed by atoms with Gasteiger partial charge in [-0.2, -0.15) is 0 Å². The minimum Gasteiger partial charge on any atom is -0.369 e. The number of hydrogen-bond donors (Lipinski definition) is 0. The van der Waals surface area contributed by atoms with Crippen LogP contribution in [-0.2, 0) is 24.5 Å². The molecule has 0 bridgehead atoms. The fourth-order valence-corrected chi connectivity index (χ4v) is 3.75. The molecule has 0 aliphatic rings. The molecule has 0 saturated carbocycles. The number of ether oxygens (including phenoxy) is 1. The average molecular weight is 461 g/mol. The molecular formula is C26H25ClN4O2. The molecule has 0 spiro atoms. The van der Waals surface area contributed by atoms with Crippen molar-refractivity contribution in [3.63, 3.8) is 0 Å². The van der Waals surface area contributed by atoms with E-state index in [9.17, 15) is 4.79 Å². The molecule has 1 aromatic heterocycles. The SMILES string of the molecule is CN(C)Cc1nnc(COCc2ccccc2)n1-c1ccc(Cl)cc1C(=O)c1ccccc1. The Morgan fingerprint density at radius 3 is 2.27 bits per heavy atom. The highest BCUT2D eigenvalue weighted by atomic mass is 35.5. The topological polar surface area (TPSA) is 60.2 Å². The summed E-state index contributed by atoms with van der Waals surface area (Å²) >= 11 is 6.30. The van der Waals surface area contributed by atoms with Crippen molar-refractivity contribution in [2.75, 3.05) is 14.1 Å². The van der Waals surface area contributed by atoms with Gasteiger partial charge in [-0.15, -0.1) is 10.2 Å². The lowest BCUT2D eigenvalue weighted by Crippen LogP contribution is -2.18. The van der Waals surface area contributed by atoms with E-state index >= 15 is 0 Å². The number of carbonyl (C=O) groups excluding carboxylic acids is 1. The molecule has 1 heterocycles. The van der Waals surface area contributed by atoms with Crippen molar-refractivity contribution in [3.05, 3.63) is 112 Å². The summed E-state index contributed by atoms with van der Waals surface area (Å²) in [5.74, 6) is 1.21. The molecule has 6 nitrogen and oxygen atoms in total. The third-order valence-corrected chi connectivity index (χ3v) is 5.31. The zero-order valence-corrected chi connectivity index (χ0v) is 19.4. The molecule has 4 rings (SSSR count). The molecule has 7 heteroatoms. The molecule has 0 unspecified atom stereocenters. The summed E-state index contributed by atoms with van der Waals surface area (Å²) < 4.78 is 7.85. The Hall–Kier alpha value is -3.32. The fraction of sp³-hybridized carbons (Fsp3) is 0.192. The first-order valence-electron chi connectivity index (χ1n) is 10.6. The quantitative estimate of drug-likeness (QED) is 0.331. The third-order valence-electron chi connectivity index (χ3n) is 5.08. The van der Waals surface area contributed by atoms with Crippen LogP contribution in [0.4, 0.5) is 0 Å². The molecule has 4 aromatic rings. The van der Waals surface area contributed by atoms with Crippen molar-refractivity contribution >= 4 is 17.4 Å². The Morgan fingerprint density at radius 2 is 1.58 bits per heavy atom. The van der Waals surface area contributed by atoms with E-state index in [-0.39, 0.29) is 12.4 Å². The molecule has 0 radical (unpaired) electrons. The lowest BCUT2D eigenvalue weighted by atomic mass is 10.0. The highest BCUT2D eigenvalue weighted by Gasteiger charge is 2.21. The minimum absolute atomic E-state index is 0.117. The molecular weight excluding hydrogens is 436 g/mol. The monoisotopic (exact) mass is 460 g/mol. The van der Waals surface area contributed by atoms with Gasteiger partial charge < -0.3 is 9.64 Å². The lowest BCUT2D eigenvalue weighted by Gasteiger charge is -2.17. The van der Waals surface area contributed by atoms with Gasteiger partial charge in [-0.3, -0.25) is 9.36 Å². The second kappa shape index (κ2) is 10.5. The molecule has 3 aromatic carbocycles. The second-order valence-corrected chi connectivity index (χ2v) is 8.38. The third kappa shape index (κ3) is 5.54. The zero-order valence-electron chi connectivity index (χ0n) is 18.6. The molecule has 0 saturated heterocycles. The zero-order chi connectivity index (χ0) is 23.2. The maximum absolute atomic E-state index is 13.4. The van der Waals surface area contributed by atoms with E-state index in [0.29, 0.717) is 46.6 Å². The van der Waals surface area contributed by atoms with Crippen LogP contribution in [0.1, 0.15) is 33.1 Å². The van der Waals surface area contributed by atoms with Crippen molar-refractivity contribution in [2.24, 2.45) is 0 Å². The first kappa shape index (κ1) is 22.9. The van der Waals surface area contributed by atoms with E-state index in [1.165, 1.54) is 0 Å². The smallest absolute Gasteiger partial charge is 0.195 e. The van der Waals surface area contributed by atoms with E-state index in [4.69, 9.17) is 16.3 Å². The average Bonchev–Trinajstić information content (AvgIpc) is 3.21. The van der Waals surface area contributed by atoms with E-state index in [2.05, 4.69) is 10.2 Å². The van der Waals surface area contributed by atoms with Crippen LogP contribution in [0.15, 0.2) is 78.9 Å². The maximum Gasteiger partial charge on any atom is 0.195 e. The van der Waals surface area contributed by atoms with Gasteiger partial charge in [-0.25, -0.2) is 0 Å². The van der Waals surface area contributed by atoms with Crippen molar-refractivity contribution < 1.29 is 9.53 Å². The summed E-state index contributed by atoms with van der Waals surface area (Å²) in [6.45, 7) is 1.25. The van der Waals surface area contributed by atoms with E-state index in [0.717, 1.165) is 5.56 Å². The number of ketones is 1. The van der Waals surface area contributed by atoms with Crippen LogP contribution in [0.3, 0.4) is 0 Å². The molecule has 0 N–H and O–H groups in total. The number of halogens is 1. The predicted octanol–water partition coefficient (Wildman–Crippen LogP) is 4.93. The van der Waals surface area contributed by atoms with E-state index in [1.54, 1.807) is 24.3 Å². The Bertz CT molecular complexity index is 1220. The largest absolute Gasteiger partial charge is 0.369 e. The Morgan fingerprint density at radius 1 is 0.909 bits per heavy atom. The van der Waals surface area contributed by atoms with E-state index < -0.39 is 0 Å². The molecule has 168 valence electrons. The van der Waals surface area contributed by atoms with Gasteiger partial charge in [0, 0.05) is 16.1 Å². The van der Waals surface area contributed by atoms with Gasteiger partial charge in [0.2, 0.25) is 0 Å². The van der Waals surface area contributed by atoms with Crippen molar-refractivity contribution in [2.45, 2.75) is 19.8 Å². The second-order valence-electron chi connectivity index (χ2n) is 7.94. The lowest BCUT2D eigenvalue weighted by molar-refractivity contribution is 0.100. The molecule has 0 aliphatic heterocycles. The van der Waals surface area contributed by atoms with Gasteiger partial charge in [0.15, 0.2) is 17.4 Å². The molecule has 0 fully saturated rings. The van der Waals surface area contributed by atoms with E-state index in [1.807, 2.05) is 78.2 Å². The highest BCUT2D eigenvalue weighted by molar-refractivity contribution is 6.31. The van der Waals surface area contributed by atoms with Crippen LogP contribution in [0.5, 0.6) is 0 Å². The fourth-order valence-electron chi connectivity index (χ4n) is 3.58. The van der Waals surface area contributed by atoms with Gasteiger partial charge in [0.1, 0.15) is 6.61 Å². The first-order valence-corrected chi connectivity index (χ1v) is 11.0. The van der Waals surface area contributed by atoms with Crippen LogP contribution in [-0.4, -0.2) is 39.5 Å². The van der Waals surface area contributed by atoms with Crippen LogP contribution in [0.25, 0.3) is 5.69 Å². The van der Waals surface area contributed by atoms with Crippen molar-refractivity contribution in [1.82, 2.24) is 19.7 Å². The number of carbonyl (C=O) groups is 1. The summed E-state index contributed by atoms with van der Waals surface area (Å²) in [5, 5.41) is 9.28. The molecule has 0 aliphatic carbocycles. The Balaban J connectivity index is 1.72. The summed E-state index contributed by atoms with van der Waals surface area (Å²) in [5.41, 5.74) is 2.82. The Labute approximate surface area is 198 Å². The number of nitrogens with zero attached hydrogens (tertiary/aromatic N) is 4. The number of benzene rings is 3. The van der Waals surface area contributed by atoms with Gasteiger partial charge >= 0.3 is 0 Å². The van der Waals surface area contributed by atoms with Crippen molar-refractivity contribution in [3.8, 4) is 5.69 Å². The first-order chi connectivity index (χ1) is 16.0. The van der Waals surface area contributed by atoms with Crippen LogP contribution in [0, 0.1) is 0 Å². The predicted molar refractivity (Wildman–Crippen MR) is 129 cm³/mol. The van der Waals surface area contributed by atoms with Crippen LogP contribution < -0.4 is 0 Å². The Kier molecular flexibility index (Phi) is 7.29. The van der Waals surface area contributed by atoms with Gasteiger partial charge in [-0.1, -0.05) is 72.3 Å². The molecule has 0 amide bonds. The van der Waals surface area contributed by atoms with Crippen molar-refractivity contribution in [1.29, 1.82) is 0 Å². The number of hydrogen-bond acceptors (Lipinski definition) is 5. The number of aromatic nitrogens is 3. The van der Waals surface area contributed by atoms with Gasteiger partial charge in [0.25, 0.3) is 0 Å². The summed E-state index contributed by atoms with van der Waals surface area (Å²) in [7, 11) is 3.92. The minimum atomic E-state index is -0.117. The van der Waals surface area contributed by atoms with Crippen LogP contribution in [0.2, 0.25) is 5.02 Å². The normalized spacial score (nSPS) is 11.2.